The summed E-state index contributed by atoms with van der Waals surface area (Å²) in [6.45, 7) is 2.18. The molecule has 3 aromatic heterocycles. The second-order valence-corrected chi connectivity index (χ2v) is 6.74. The number of furan rings is 1. The van der Waals surface area contributed by atoms with Gasteiger partial charge in [0.1, 0.15) is 10.6 Å². The van der Waals surface area contributed by atoms with E-state index in [1.165, 1.54) is 12.1 Å². The minimum atomic E-state index is -0.677. The topological polar surface area (TPSA) is 197 Å². The molecular weight excluding hydrogens is 412 g/mol. The molecule has 0 aliphatic carbocycles. The number of anilines is 1. The Kier molecular flexibility index (Phi) is 5.65. The zero-order chi connectivity index (χ0) is 21.8. The second kappa shape index (κ2) is 8.70. The molecule has 15 nitrogen and oxygen atoms in total. The zero-order valence-electron chi connectivity index (χ0n) is 16.2. The van der Waals surface area contributed by atoms with Crippen molar-refractivity contribution in [3.8, 4) is 5.82 Å². The van der Waals surface area contributed by atoms with E-state index in [0.29, 0.717) is 12.2 Å². The summed E-state index contributed by atoms with van der Waals surface area (Å²) in [4.78, 5) is 25.1. The summed E-state index contributed by atoms with van der Waals surface area (Å²) in [6.07, 6.45) is 4.43. The van der Waals surface area contributed by atoms with Gasteiger partial charge >= 0.3 is 5.88 Å². The minimum Gasteiger partial charge on any atom is -0.400 e. The number of amides is 1. The molecule has 3 N–H and O–H groups in total. The van der Waals surface area contributed by atoms with Gasteiger partial charge in [0.05, 0.1) is 12.3 Å². The van der Waals surface area contributed by atoms with Crippen molar-refractivity contribution in [3.05, 3.63) is 39.4 Å². The lowest BCUT2D eigenvalue weighted by Crippen LogP contribution is -2.31. The number of hydrazone groups is 1. The number of hydrogen-bond acceptors (Lipinski definition) is 12. The summed E-state index contributed by atoms with van der Waals surface area (Å²) in [5.74, 6) is -1.02. The van der Waals surface area contributed by atoms with Crippen LogP contribution in [-0.4, -0.2) is 60.3 Å². The van der Waals surface area contributed by atoms with Crippen molar-refractivity contribution in [1.82, 2.24) is 35.6 Å². The molecule has 1 aliphatic rings. The highest BCUT2D eigenvalue weighted by Gasteiger charge is 2.26. The van der Waals surface area contributed by atoms with Crippen LogP contribution in [0.25, 0.3) is 5.82 Å². The molecule has 4 heterocycles. The summed E-state index contributed by atoms with van der Waals surface area (Å²) in [6, 6.07) is 2.53. The third-order valence-electron chi connectivity index (χ3n) is 4.62. The molecule has 1 saturated heterocycles. The van der Waals surface area contributed by atoms with Gasteiger partial charge in [-0.3, -0.25) is 19.8 Å². The molecule has 1 fully saturated rings. The average molecular weight is 430 g/mol. The quantitative estimate of drug-likeness (QED) is 0.300. The maximum Gasteiger partial charge on any atom is 0.433 e. The van der Waals surface area contributed by atoms with Crippen LogP contribution in [0, 0.1) is 10.1 Å². The molecule has 162 valence electrons. The summed E-state index contributed by atoms with van der Waals surface area (Å²) in [5, 5.41) is 29.7. The third kappa shape index (κ3) is 4.40. The van der Waals surface area contributed by atoms with Crippen LogP contribution < -0.4 is 11.2 Å². The number of nitrogens with one attached hydrogen (secondary N) is 1. The van der Waals surface area contributed by atoms with Gasteiger partial charge < -0.3 is 10.2 Å². The highest BCUT2D eigenvalue weighted by molar-refractivity contribution is 5.94. The first-order chi connectivity index (χ1) is 15.0. The fourth-order valence-corrected chi connectivity index (χ4v) is 3.18. The van der Waals surface area contributed by atoms with E-state index in [9.17, 15) is 14.9 Å². The molecule has 4 rings (SSSR count). The van der Waals surface area contributed by atoms with Gasteiger partial charge in [0.25, 0.3) is 5.91 Å². The number of likely N-dealkylation sites (tertiary alicyclic amines) is 1. The summed E-state index contributed by atoms with van der Waals surface area (Å²) in [5.41, 5.74) is 8.55. The maximum absolute atomic E-state index is 12.9. The van der Waals surface area contributed by atoms with Gasteiger partial charge in [0, 0.05) is 6.54 Å². The third-order valence-corrected chi connectivity index (χ3v) is 4.62. The number of carbonyl (C=O) groups excluding carboxylic acids is 1. The Balaban J connectivity index is 1.56. The van der Waals surface area contributed by atoms with Crippen LogP contribution in [0.1, 0.15) is 41.2 Å². The Bertz CT molecular complexity index is 1110. The van der Waals surface area contributed by atoms with Gasteiger partial charge in [-0.2, -0.15) is 9.78 Å². The number of hydrogen-bond donors (Lipinski definition) is 2. The Morgan fingerprint density at radius 1 is 1.32 bits per heavy atom. The van der Waals surface area contributed by atoms with E-state index in [2.05, 4.69) is 40.7 Å². The number of nitro groups is 1. The molecule has 0 atom stereocenters. The molecule has 15 heteroatoms. The average Bonchev–Trinajstić information content (AvgIpc) is 3.48. The number of nitrogens with zero attached hydrogens (tertiary/aromatic N) is 8. The van der Waals surface area contributed by atoms with Crippen molar-refractivity contribution >= 4 is 23.8 Å². The molecule has 0 aromatic carbocycles. The Morgan fingerprint density at radius 2 is 2.13 bits per heavy atom. The van der Waals surface area contributed by atoms with Crippen LogP contribution in [0.15, 0.2) is 26.3 Å². The summed E-state index contributed by atoms with van der Waals surface area (Å²) in [7, 11) is 0. The zero-order valence-corrected chi connectivity index (χ0v) is 16.2. The first kappa shape index (κ1) is 20.1. The SMILES string of the molecule is Nc1nonc1-n1nnc(CN2CCCCC2)c1C(=O)NN=Cc1ccc([N+](=O)[O-])o1. The predicted octanol–water partition coefficient (Wildman–Crippen LogP) is 0.484. The van der Waals surface area contributed by atoms with Gasteiger partial charge in [-0.05, 0) is 42.3 Å². The van der Waals surface area contributed by atoms with Crippen LogP contribution in [0.3, 0.4) is 0 Å². The van der Waals surface area contributed by atoms with Gasteiger partial charge in [-0.1, -0.05) is 11.6 Å². The predicted molar refractivity (Wildman–Crippen MR) is 103 cm³/mol. The number of rotatable bonds is 7. The lowest BCUT2D eigenvalue weighted by atomic mass is 10.1. The van der Waals surface area contributed by atoms with E-state index in [0.717, 1.165) is 43.2 Å². The number of carbonyl (C=O) groups is 1. The summed E-state index contributed by atoms with van der Waals surface area (Å²) >= 11 is 0. The standard InChI is InChI=1S/C16H18N10O5/c17-14-15(22-31-21-14)25-13(11(19-23-25)9-24-6-2-1-3-7-24)16(27)20-18-8-10-4-5-12(30-10)26(28)29/h4-5,8H,1-3,6-7,9H2,(H2,17,21)(H,20,27). The molecule has 1 aliphatic heterocycles. The number of nitrogens with two attached hydrogens (primary N) is 1. The van der Waals surface area contributed by atoms with Gasteiger partial charge in [-0.25, -0.2) is 10.1 Å². The van der Waals surface area contributed by atoms with Crippen LogP contribution in [0.4, 0.5) is 11.7 Å². The second-order valence-electron chi connectivity index (χ2n) is 6.74. The van der Waals surface area contributed by atoms with Gasteiger partial charge in [0.15, 0.2) is 11.5 Å². The molecule has 0 unspecified atom stereocenters. The Hall–Kier alpha value is -4.14. The molecule has 1 amide bonds. The molecule has 0 radical (unpaired) electrons. The van der Waals surface area contributed by atoms with E-state index < -0.39 is 16.7 Å². The van der Waals surface area contributed by atoms with E-state index >= 15 is 0 Å². The fourth-order valence-electron chi connectivity index (χ4n) is 3.18. The smallest absolute Gasteiger partial charge is 0.400 e. The van der Waals surface area contributed by atoms with Crippen molar-refractivity contribution in [2.45, 2.75) is 25.8 Å². The molecule has 31 heavy (non-hydrogen) atoms. The van der Waals surface area contributed by atoms with E-state index in [1.807, 2.05) is 0 Å². The maximum atomic E-state index is 12.9. The minimum absolute atomic E-state index is 0.0215. The van der Waals surface area contributed by atoms with Crippen molar-refractivity contribution in [3.63, 3.8) is 0 Å². The molecule has 0 saturated carbocycles. The molecule has 3 aromatic rings. The van der Waals surface area contributed by atoms with Crippen LogP contribution in [0.2, 0.25) is 0 Å². The van der Waals surface area contributed by atoms with Gasteiger partial charge in [-0.15, -0.1) is 5.10 Å². The number of aromatic nitrogens is 5. The first-order valence-electron chi connectivity index (χ1n) is 9.36. The lowest BCUT2D eigenvalue weighted by molar-refractivity contribution is -0.402. The highest BCUT2D eigenvalue weighted by atomic mass is 16.6. The van der Waals surface area contributed by atoms with Crippen LogP contribution >= 0.6 is 0 Å². The van der Waals surface area contributed by atoms with Crippen LogP contribution in [-0.2, 0) is 6.54 Å². The van der Waals surface area contributed by atoms with Gasteiger partial charge in [0.2, 0.25) is 11.6 Å². The van der Waals surface area contributed by atoms with Crippen molar-refractivity contribution in [2.75, 3.05) is 18.8 Å². The molecular formula is C16H18N10O5. The number of nitrogen functional groups attached to an aromatic ring is 1. The van der Waals surface area contributed by atoms with E-state index in [-0.39, 0.29) is 23.1 Å². The molecule has 0 spiro atoms. The van der Waals surface area contributed by atoms with Crippen LogP contribution in [0.5, 0.6) is 0 Å². The van der Waals surface area contributed by atoms with Crippen molar-refractivity contribution in [2.24, 2.45) is 5.10 Å². The summed E-state index contributed by atoms with van der Waals surface area (Å²) < 4.78 is 10.7. The first-order valence-corrected chi connectivity index (χ1v) is 9.36. The van der Waals surface area contributed by atoms with E-state index in [1.54, 1.807) is 0 Å². The lowest BCUT2D eigenvalue weighted by Gasteiger charge is -2.25. The normalized spacial score (nSPS) is 14.8. The van der Waals surface area contributed by atoms with E-state index in [4.69, 9.17) is 10.2 Å². The monoisotopic (exact) mass is 430 g/mol. The Morgan fingerprint density at radius 3 is 2.81 bits per heavy atom. The van der Waals surface area contributed by atoms with Crippen molar-refractivity contribution in [1.29, 1.82) is 0 Å². The Labute approximate surface area is 174 Å². The molecule has 0 bridgehead atoms. The fraction of sp³-hybridized carbons (Fsp3) is 0.375. The highest BCUT2D eigenvalue weighted by Crippen LogP contribution is 2.19. The largest absolute Gasteiger partial charge is 0.433 e. The van der Waals surface area contributed by atoms with Crippen molar-refractivity contribution < 1.29 is 18.8 Å². The number of piperidine rings is 1.